The molecule has 1 aromatic carbocycles. The molecule has 0 atom stereocenters. The summed E-state index contributed by atoms with van der Waals surface area (Å²) in [5.41, 5.74) is 1.58. The second kappa shape index (κ2) is 7.50. The van der Waals surface area contributed by atoms with Crippen molar-refractivity contribution in [1.29, 1.82) is 0 Å². The molecule has 2 aliphatic rings. The van der Waals surface area contributed by atoms with Gasteiger partial charge in [0.1, 0.15) is 10.6 Å². The van der Waals surface area contributed by atoms with E-state index in [9.17, 15) is 14.0 Å². The SMILES string of the molecule is Cn1c(N2CCN(C(=O)c3cccc(F)c3)CC2)nc2sc3c(c2c1=O)CCCC3. The number of hydrogen-bond acceptors (Lipinski definition) is 5. The minimum Gasteiger partial charge on any atom is -0.339 e. The summed E-state index contributed by atoms with van der Waals surface area (Å²) in [6.45, 7) is 2.17. The first kappa shape index (κ1) is 19.2. The van der Waals surface area contributed by atoms with Crippen LogP contribution >= 0.6 is 11.3 Å². The monoisotopic (exact) mass is 426 g/mol. The highest BCUT2D eigenvalue weighted by molar-refractivity contribution is 7.18. The summed E-state index contributed by atoms with van der Waals surface area (Å²) in [7, 11) is 1.78. The second-order valence-corrected chi connectivity index (χ2v) is 9.04. The molecule has 1 amide bonds. The highest BCUT2D eigenvalue weighted by Crippen LogP contribution is 2.34. The standard InChI is InChI=1S/C22H23FN4O2S/c1-25-21(29)18-16-7-2-3-8-17(16)30-19(18)24-22(25)27-11-9-26(10-12-27)20(28)14-5-4-6-15(23)13-14/h4-6,13H,2-3,7-12H2,1H3. The number of piperazine rings is 1. The lowest BCUT2D eigenvalue weighted by atomic mass is 9.97. The van der Waals surface area contributed by atoms with Crippen molar-refractivity contribution in [2.45, 2.75) is 25.7 Å². The van der Waals surface area contributed by atoms with Gasteiger partial charge in [-0.2, -0.15) is 0 Å². The molecular weight excluding hydrogens is 403 g/mol. The number of thiophene rings is 1. The van der Waals surface area contributed by atoms with Crippen molar-refractivity contribution in [3.8, 4) is 0 Å². The topological polar surface area (TPSA) is 58.4 Å². The van der Waals surface area contributed by atoms with Gasteiger partial charge in [0, 0.05) is 43.7 Å². The largest absolute Gasteiger partial charge is 0.339 e. The molecule has 0 unspecified atom stereocenters. The number of carbonyl (C=O) groups excluding carboxylic acids is 1. The van der Waals surface area contributed by atoms with E-state index in [0.29, 0.717) is 37.7 Å². The van der Waals surface area contributed by atoms with Crippen molar-refractivity contribution < 1.29 is 9.18 Å². The Morgan fingerprint density at radius 1 is 1.13 bits per heavy atom. The average molecular weight is 427 g/mol. The van der Waals surface area contributed by atoms with Crippen LogP contribution < -0.4 is 10.5 Å². The van der Waals surface area contributed by atoms with Gasteiger partial charge in [-0.25, -0.2) is 9.37 Å². The number of amides is 1. The summed E-state index contributed by atoms with van der Waals surface area (Å²) in [4.78, 5) is 36.6. The van der Waals surface area contributed by atoms with E-state index in [1.807, 2.05) is 0 Å². The van der Waals surface area contributed by atoms with E-state index < -0.39 is 5.82 Å². The van der Waals surface area contributed by atoms with E-state index in [2.05, 4.69) is 4.90 Å². The van der Waals surface area contributed by atoms with Gasteiger partial charge in [-0.1, -0.05) is 6.07 Å². The van der Waals surface area contributed by atoms with Gasteiger partial charge >= 0.3 is 0 Å². The van der Waals surface area contributed by atoms with Crippen LogP contribution in [-0.2, 0) is 19.9 Å². The van der Waals surface area contributed by atoms with Crippen LogP contribution in [0.15, 0.2) is 29.1 Å². The highest BCUT2D eigenvalue weighted by Gasteiger charge is 2.27. The molecule has 0 bridgehead atoms. The van der Waals surface area contributed by atoms with E-state index in [1.165, 1.54) is 29.0 Å². The van der Waals surface area contributed by atoms with Crippen LogP contribution in [0.4, 0.5) is 10.3 Å². The van der Waals surface area contributed by atoms with Crippen LogP contribution in [0.3, 0.4) is 0 Å². The molecule has 0 radical (unpaired) electrons. The fourth-order valence-corrected chi connectivity index (χ4v) is 5.72. The highest BCUT2D eigenvalue weighted by atomic mass is 32.1. The van der Waals surface area contributed by atoms with Crippen molar-refractivity contribution >= 4 is 33.4 Å². The average Bonchev–Trinajstić information content (AvgIpc) is 3.14. The number of fused-ring (bicyclic) bond motifs is 3. The number of rotatable bonds is 2. The number of aryl methyl sites for hydroxylation is 2. The number of anilines is 1. The van der Waals surface area contributed by atoms with Crippen LogP contribution in [0.5, 0.6) is 0 Å². The number of carbonyl (C=O) groups is 1. The number of hydrogen-bond donors (Lipinski definition) is 0. The third kappa shape index (κ3) is 3.19. The minimum atomic E-state index is -0.411. The number of nitrogens with zero attached hydrogens (tertiary/aromatic N) is 4. The maximum absolute atomic E-state index is 13.5. The summed E-state index contributed by atoms with van der Waals surface area (Å²) in [6, 6.07) is 5.79. The van der Waals surface area contributed by atoms with E-state index in [0.717, 1.165) is 29.5 Å². The Labute approximate surface area is 177 Å². The summed E-state index contributed by atoms with van der Waals surface area (Å²) in [5.74, 6) is 0.0759. The first-order valence-electron chi connectivity index (χ1n) is 10.3. The van der Waals surface area contributed by atoms with Crippen LogP contribution in [0.25, 0.3) is 10.2 Å². The van der Waals surface area contributed by atoms with E-state index >= 15 is 0 Å². The van der Waals surface area contributed by atoms with Crippen LogP contribution in [0.1, 0.15) is 33.6 Å². The molecule has 1 fully saturated rings. The molecule has 3 heterocycles. The molecule has 3 aromatic rings. The first-order valence-corrected chi connectivity index (χ1v) is 11.2. The number of benzene rings is 1. The summed E-state index contributed by atoms with van der Waals surface area (Å²) in [6.07, 6.45) is 4.31. The predicted molar refractivity (Wildman–Crippen MR) is 116 cm³/mol. The Morgan fingerprint density at radius 2 is 1.90 bits per heavy atom. The maximum Gasteiger partial charge on any atom is 0.263 e. The van der Waals surface area contributed by atoms with Crippen LogP contribution in [0, 0.1) is 5.82 Å². The zero-order valence-electron chi connectivity index (χ0n) is 16.9. The molecule has 0 spiro atoms. The quantitative estimate of drug-likeness (QED) is 0.632. The van der Waals surface area contributed by atoms with Crippen molar-refractivity contribution in [1.82, 2.24) is 14.5 Å². The molecule has 6 nitrogen and oxygen atoms in total. The summed E-state index contributed by atoms with van der Waals surface area (Å²) >= 11 is 1.65. The lowest BCUT2D eigenvalue weighted by Gasteiger charge is -2.35. The second-order valence-electron chi connectivity index (χ2n) is 7.96. The van der Waals surface area contributed by atoms with Crippen molar-refractivity contribution in [3.05, 3.63) is 56.4 Å². The fourth-order valence-electron chi connectivity index (χ4n) is 4.47. The molecule has 30 heavy (non-hydrogen) atoms. The molecule has 8 heteroatoms. The maximum atomic E-state index is 13.5. The van der Waals surface area contributed by atoms with E-state index in [1.54, 1.807) is 40.0 Å². The van der Waals surface area contributed by atoms with Crippen molar-refractivity contribution in [2.75, 3.05) is 31.1 Å². The van der Waals surface area contributed by atoms with E-state index in [-0.39, 0.29) is 11.5 Å². The predicted octanol–water partition coefficient (Wildman–Crippen LogP) is 2.98. The third-order valence-corrected chi connectivity index (χ3v) is 7.28. The van der Waals surface area contributed by atoms with Gasteiger partial charge in [-0.15, -0.1) is 11.3 Å². The molecule has 156 valence electrons. The number of aromatic nitrogens is 2. The fraction of sp³-hybridized carbons (Fsp3) is 0.409. The van der Waals surface area contributed by atoms with Gasteiger partial charge in [0.15, 0.2) is 0 Å². The summed E-state index contributed by atoms with van der Waals surface area (Å²) < 4.78 is 15.1. The molecule has 1 saturated heterocycles. The lowest BCUT2D eigenvalue weighted by Crippen LogP contribution is -2.50. The Kier molecular flexibility index (Phi) is 4.81. The smallest absolute Gasteiger partial charge is 0.263 e. The number of halogens is 1. The minimum absolute atomic E-state index is 0.0210. The zero-order valence-corrected chi connectivity index (χ0v) is 17.7. The Balaban J connectivity index is 1.39. The lowest BCUT2D eigenvalue weighted by molar-refractivity contribution is 0.0745. The van der Waals surface area contributed by atoms with Crippen molar-refractivity contribution in [3.63, 3.8) is 0 Å². The van der Waals surface area contributed by atoms with Gasteiger partial charge < -0.3 is 9.80 Å². The molecule has 0 N–H and O–H groups in total. The normalized spacial score (nSPS) is 16.7. The van der Waals surface area contributed by atoms with Gasteiger partial charge in [0.05, 0.1) is 5.39 Å². The molecule has 0 saturated carbocycles. The van der Waals surface area contributed by atoms with Gasteiger partial charge in [-0.05, 0) is 49.4 Å². The molecule has 1 aliphatic carbocycles. The Morgan fingerprint density at radius 3 is 2.67 bits per heavy atom. The van der Waals surface area contributed by atoms with Crippen LogP contribution in [-0.4, -0.2) is 46.5 Å². The van der Waals surface area contributed by atoms with E-state index in [4.69, 9.17) is 4.98 Å². The van der Waals surface area contributed by atoms with Gasteiger partial charge in [-0.3, -0.25) is 14.2 Å². The molecule has 1 aliphatic heterocycles. The molecule has 2 aromatic heterocycles. The Hall–Kier alpha value is -2.74. The molecule has 5 rings (SSSR count). The van der Waals surface area contributed by atoms with Crippen LogP contribution in [0.2, 0.25) is 0 Å². The Bertz CT molecular complexity index is 1190. The first-order chi connectivity index (χ1) is 14.5. The summed E-state index contributed by atoms with van der Waals surface area (Å²) in [5, 5.41) is 0.792. The zero-order chi connectivity index (χ0) is 20.8. The van der Waals surface area contributed by atoms with Gasteiger partial charge in [0.25, 0.3) is 11.5 Å². The third-order valence-electron chi connectivity index (χ3n) is 6.09. The van der Waals surface area contributed by atoms with Gasteiger partial charge in [0.2, 0.25) is 5.95 Å². The van der Waals surface area contributed by atoms with Crippen molar-refractivity contribution in [2.24, 2.45) is 7.05 Å². The molecular formula is C22H23FN4O2S.